The molecule has 2 saturated carbocycles. The van der Waals surface area contributed by atoms with Crippen molar-refractivity contribution in [3.05, 3.63) is 0 Å². The zero-order valence-electron chi connectivity index (χ0n) is 6.06. The highest BCUT2D eigenvalue weighted by Gasteiger charge is 2.38. The average molecular weight is 125 g/mol. The molecule has 0 saturated heterocycles. The first-order valence-corrected chi connectivity index (χ1v) is 4.07. The quantitative estimate of drug-likeness (QED) is 0.558. The van der Waals surface area contributed by atoms with Crippen LogP contribution >= 0.6 is 0 Å². The molecule has 2 aliphatic rings. The lowest BCUT2D eigenvalue weighted by molar-refractivity contribution is 0.372. The zero-order chi connectivity index (χ0) is 6.27. The third-order valence-electron chi connectivity index (χ3n) is 3.11. The third kappa shape index (κ3) is 0.787. The summed E-state index contributed by atoms with van der Waals surface area (Å²) in [6, 6.07) is 0.878. The van der Waals surface area contributed by atoms with Gasteiger partial charge in [0.05, 0.1) is 0 Å². The summed E-state index contributed by atoms with van der Waals surface area (Å²) in [4.78, 5) is 0. The minimum absolute atomic E-state index is 0.878. The van der Waals surface area contributed by atoms with Gasteiger partial charge < -0.3 is 5.32 Å². The van der Waals surface area contributed by atoms with E-state index in [2.05, 4.69) is 12.4 Å². The van der Waals surface area contributed by atoms with E-state index in [0.29, 0.717) is 0 Å². The molecule has 0 aromatic heterocycles. The molecule has 2 fully saturated rings. The summed E-state index contributed by atoms with van der Waals surface area (Å²) in [7, 11) is 2.10. The molecule has 3 atom stereocenters. The van der Waals surface area contributed by atoms with E-state index in [1.807, 2.05) is 0 Å². The Kier molecular flexibility index (Phi) is 1.26. The molecule has 0 amide bonds. The highest BCUT2D eigenvalue weighted by Crippen LogP contribution is 2.44. The Morgan fingerprint density at radius 3 is 2.44 bits per heavy atom. The zero-order valence-corrected chi connectivity index (χ0v) is 6.06. The van der Waals surface area contributed by atoms with Crippen LogP contribution < -0.4 is 5.32 Å². The van der Waals surface area contributed by atoms with Crippen LogP contribution in [0.3, 0.4) is 0 Å². The predicted octanol–water partition coefficient (Wildman–Crippen LogP) is 1.39. The van der Waals surface area contributed by atoms with E-state index in [1.54, 1.807) is 0 Å². The Hall–Kier alpha value is -0.0400. The van der Waals surface area contributed by atoms with Gasteiger partial charge in [0.25, 0.3) is 0 Å². The van der Waals surface area contributed by atoms with Crippen LogP contribution in [-0.4, -0.2) is 13.1 Å². The number of fused-ring (bicyclic) bond motifs is 2. The van der Waals surface area contributed by atoms with Crippen LogP contribution in [0.4, 0.5) is 0 Å². The summed E-state index contributed by atoms with van der Waals surface area (Å²) >= 11 is 0. The summed E-state index contributed by atoms with van der Waals surface area (Å²) in [6.45, 7) is 0. The maximum atomic E-state index is 3.40. The molecule has 1 N–H and O–H groups in total. The van der Waals surface area contributed by atoms with E-state index >= 15 is 0 Å². The molecule has 0 unspecified atom stereocenters. The Bertz CT molecular complexity index is 111. The van der Waals surface area contributed by atoms with Crippen molar-refractivity contribution in [1.29, 1.82) is 0 Å². The first-order valence-electron chi connectivity index (χ1n) is 4.07. The summed E-state index contributed by atoms with van der Waals surface area (Å²) in [6.07, 6.45) is 5.99. The fraction of sp³-hybridized carbons (Fsp3) is 1.00. The van der Waals surface area contributed by atoms with Crippen molar-refractivity contribution in [2.45, 2.75) is 31.7 Å². The predicted molar refractivity (Wildman–Crippen MR) is 38.3 cm³/mol. The van der Waals surface area contributed by atoms with E-state index in [1.165, 1.54) is 25.7 Å². The van der Waals surface area contributed by atoms with Gasteiger partial charge in [-0.2, -0.15) is 0 Å². The molecule has 1 nitrogen and oxygen atoms in total. The second-order valence-corrected chi connectivity index (χ2v) is 3.57. The van der Waals surface area contributed by atoms with Crippen LogP contribution in [0.5, 0.6) is 0 Å². The Morgan fingerprint density at radius 1 is 1.22 bits per heavy atom. The number of rotatable bonds is 1. The monoisotopic (exact) mass is 125 g/mol. The first kappa shape index (κ1) is 5.72. The smallest absolute Gasteiger partial charge is 0.00950 e. The fourth-order valence-corrected chi connectivity index (χ4v) is 2.60. The van der Waals surface area contributed by atoms with Gasteiger partial charge in [-0.3, -0.25) is 0 Å². The molecule has 0 aromatic carbocycles. The third-order valence-corrected chi connectivity index (χ3v) is 3.11. The molecule has 52 valence electrons. The van der Waals surface area contributed by atoms with E-state index < -0.39 is 0 Å². The molecular weight excluding hydrogens is 110 g/mol. The molecule has 1 heteroatoms. The van der Waals surface area contributed by atoms with E-state index in [9.17, 15) is 0 Å². The van der Waals surface area contributed by atoms with Gasteiger partial charge >= 0.3 is 0 Å². The van der Waals surface area contributed by atoms with Crippen LogP contribution in [0.2, 0.25) is 0 Å². The van der Waals surface area contributed by atoms with Crippen molar-refractivity contribution in [2.24, 2.45) is 11.8 Å². The van der Waals surface area contributed by atoms with Crippen LogP contribution in [0.25, 0.3) is 0 Å². The molecule has 0 radical (unpaired) electrons. The highest BCUT2D eigenvalue weighted by atomic mass is 14.9. The fourth-order valence-electron chi connectivity index (χ4n) is 2.60. The van der Waals surface area contributed by atoms with Gasteiger partial charge in [0.2, 0.25) is 0 Å². The van der Waals surface area contributed by atoms with Crippen molar-refractivity contribution in [1.82, 2.24) is 5.32 Å². The Labute approximate surface area is 56.8 Å². The van der Waals surface area contributed by atoms with Gasteiger partial charge in [-0.25, -0.2) is 0 Å². The topological polar surface area (TPSA) is 12.0 Å². The minimum atomic E-state index is 0.878. The van der Waals surface area contributed by atoms with E-state index in [4.69, 9.17) is 0 Å². The summed E-state index contributed by atoms with van der Waals surface area (Å²) in [5, 5.41) is 3.40. The average Bonchev–Trinajstić information content (AvgIpc) is 2.45. The molecule has 2 rings (SSSR count). The molecule has 0 spiro atoms. The van der Waals surface area contributed by atoms with Crippen LogP contribution in [0.15, 0.2) is 0 Å². The summed E-state index contributed by atoms with van der Waals surface area (Å²) < 4.78 is 0. The molecule has 2 aliphatic carbocycles. The van der Waals surface area contributed by atoms with Crippen molar-refractivity contribution in [3.63, 3.8) is 0 Å². The molecule has 2 bridgehead atoms. The molecular formula is C8H15N. The number of hydrogen-bond donors (Lipinski definition) is 1. The lowest BCUT2D eigenvalue weighted by Crippen LogP contribution is -2.30. The first-order chi connectivity index (χ1) is 4.40. The molecule has 0 aromatic rings. The second-order valence-electron chi connectivity index (χ2n) is 3.57. The van der Waals surface area contributed by atoms with Crippen molar-refractivity contribution < 1.29 is 0 Å². The number of nitrogens with one attached hydrogen (secondary N) is 1. The lowest BCUT2D eigenvalue weighted by Gasteiger charge is -2.20. The second kappa shape index (κ2) is 1.98. The van der Waals surface area contributed by atoms with Gasteiger partial charge in [0, 0.05) is 6.04 Å². The largest absolute Gasteiger partial charge is 0.317 e. The van der Waals surface area contributed by atoms with Crippen LogP contribution in [-0.2, 0) is 0 Å². The SMILES string of the molecule is CN[C@H]1C[C@H]2CC[C@H]1C2. The maximum absolute atomic E-state index is 3.40. The van der Waals surface area contributed by atoms with Gasteiger partial charge in [-0.15, -0.1) is 0 Å². The normalized spacial score (nSPS) is 48.3. The van der Waals surface area contributed by atoms with Gasteiger partial charge in [-0.1, -0.05) is 6.42 Å². The van der Waals surface area contributed by atoms with Crippen molar-refractivity contribution >= 4 is 0 Å². The lowest BCUT2D eigenvalue weighted by atomic mass is 9.96. The molecule has 9 heavy (non-hydrogen) atoms. The van der Waals surface area contributed by atoms with E-state index in [-0.39, 0.29) is 0 Å². The minimum Gasteiger partial charge on any atom is -0.317 e. The highest BCUT2D eigenvalue weighted by molar-refractivity contribution is 4.93. The van der Waals surface area contributed by atoms with Crippen molar-refractivity contribution in [3.8, 4) is 0 Å². The van der Waals surface area contributed by atoms with Crippen LogP contribution in [0, 0.1) is 11.8 Å². The maximum Gasteiger partial charge on any atom is 0.00950 e. The Morgan fingerprint density at radius 2 is 2.11 bits per heavy atom. The molecule has 0 heterocycles. The van der Waals surface area contributed by atoms with Gasteiger partial charge in [0.1, 0.15) is 0 Å². The van der Waals surface area contributed by atoms with E-state index in [0.717, 1.165) is 17.9 Å². The van der Waals surface area contributed by atoms with Gasteiger partial charge in [0.15, 0.2) is 0 Å². The van der Waals surface area contributed by atoms with Crippen LogP contribution in [0.1, 0.15) is 25.7 Å². The van der Waals surface area contributed by atoms with Gasteiger partial charge in [-0.05, 0) is 38.1 Å². The standard InChI is InChI=1S/C8H15N/c1-9-8-5-6-2-3-7(8)4-6/h6-9H,2-5H2,1H3/t6-,7-,8-/m0/s1. The number of hydrogen-bond acceptors (Lipinski definition) is 1. The Balaban J connectivity index is 2.01. The summed E-state index contributed by atoms with van der Waals surface area (Å²) in [5.74, 6) is 2.13. The summed E-state index contributed by atoms with van der Waals surface area (Å²) in [5.41, 5.74) is 0. The molecule has 0 aliphatic heterocycles. The van der Waals surface area contributed by atoms with Crippen molar-refractivity contribution in [2.75, 3.05) is 7.05 Å².